The van der Waals surface area contributed by atoms with Crippen LogP contribution in [0.4, 0.5) is 0 Å². The van der Waals surface area contributed by atoms with Crippen molar-refractivity contribution in [3.05, 3.63) is 47.2 Å². The molecule has 23 heavy (non-hydrogen) atoms. The van der Waals surface area contributed by atoms with Crippen LogP contribution < -0.4 is 4.74 Å². The molecule has 6 heteroatoms. The largest absolute Gasteiger partial charge is 0.508 e. The third-order valence-corrected chi connectivity index (χ3v) is 4.04. The lowest BCUT2D eigenvalue weighted by atomic mass is 9.82. The van der Waals surface area contributed by atoms with E-state index in [2.05, 4.69) is 0 Å². The minimum absolute atomic E-state index is 0.0229. The highest BCUT2D eigenvalue weighted by Crippen LogP contribution is 2.42. The van der Waals surface area contributed by atoms with Crippen molar-refractivity contribution in [1.82, 2.24) is 0 Å². The Morgan fingerprint density at radius 3 is 2.65 bits per heavy atom. The monoisotopic (exact) mass is 316 g/mol. The molecule has 0 spiro atoms. The second kappa shape index (κ2) is 5.89. The number of methoxy groups -OCH3 is 2. The molecule has 1 aromatic carbocycles. The molecule has 0 amide bonds. The molecule has 0 unspecified atom stereocenters. The van der Waals surface area contributed by atoms with Gasteiger partial charge in [0, 0.05) is 30.4 Å². The molecule has 0 saturated carbocycles. The molecule has 1 aliphatic carbocycles. The summed E-state index contributed by atoms with van der Waals surface area (Å²) in [5.41, 5.74) is 1.06. The van der Waals surface area contributed by atoms with Gasteiger partial charge < -0.3 is 19.3 Å². The number of benzene rings is 1. The van der Waals surface area contributed by atoms with Crippen molar-refractivity contribution in [3.63, 3.8) is 0 Å². The summed E-state index contributed by atoms with van der Waals surface area (Å²) < 4.78 is 16.1. The number of carbonyl (C=O) groups excluding carboxylic acids is 2. The number of fused-ring (bicyclic) bond motifs is 1. The van der Waals surface area contributed by atoms with Crippen molar-refractivity contribution in [2.24, 2.45) is 5.92 Å². The number of aromatic hydroxyl groups is 1. The highest BCUT2D eigenvalue weighted by atomic mass is 16.5. The first-order chi connectivity index (χ1) is 11.0. The van der Waals surface area contributed by atoms with E-state index in [0.29, 0.717) is 11.3 Å². The number of phenols is 1. The number of ether oxygens (including phenoxy) is 3. The van der Waals surface area contributed by atoms with Crippen molar-refractivity contribution in [2.45, 2.75) is 6.10 Å². The zero-order valence-electron chi connectivity index (χ0n) is 12.7. The van der Waals surface area contributed by atoms with E-state index in [-0.39, 0.29) is 29.7 Å². The maximum Gasteiger partial charge on any atom is 0.220 e. The topological polar surface area (TPSA) is 82.1 Å². The van der Waals surface area contributed by atoms with Gasteiger partial charge >= 0.3 is 0 Å². The molecule has 6 nitrogen and oxygen atoms in total. The van der Waals surface area contributed by atoms with E-state index < -0.39 is 12.0 Å². The molecular formula is C17H16O6. The van der Waals surface area contributed by atoms with Gasteiger partial charge in [0.05, 0.1) is 25.7 Å². The van der Waals surface area contributed by atoms with Gasteiger partial charge in [0.1, 0.15) is 11.5 Å². The smallest absolute Gasteiger partial charge is 0.220 e. The van der Waals surface area contributed by atoms with Crippen molar-refractivity contribution in [1.29, 1.82) is 0 Å². The predicted octanol–water partition coefficient (Wildman–Crippen LogP) is 1.70. The molecule has 0 aromatic heterocycles. The molecule has 1 aromatic rings. The lowest BCUT2D eigenvalue weighted by Crippen LogP contribution is -2.32. The quantitative estimate of drug-likeness (QED) is 0.855. The average Bonchev–Trinajstić information content (AvgIpc) is 2.55. The Balaban J connectivity index is 1.97. The Kier molecular flexibility index (Phi) is 3.92. The van der Waals surface area contributed by atoms with E-state index >= 15 is 0 Å². The summed E-state index contributed by atoms with van der Waals surface area (Å²) in [5.74, 6) is -0.435. The van der Waals surface area contributed by atoms with E-state index in [4.69, 9.17) is 14.2 Å². The first kappa shape index (κ1) is 15.3. The number of rotatable bonds is 3. The molecule has 0 bridgehead atoms. The summed E-state index contributed by atoms with van der Waals surface area (Å²) in [5, 5.41) is 9.54. The minimum atomic E-state index is -0.445. The molecule has 3 rings (SSSR count). The molecule has 120 valence electrons. The van der Waals surface area contributed by atoms with Gasteiger partial charge in [-0.15, -0.1) is 0 Å². The minimum Gasteiger partial charge on any atom is -0.508 e. The van der Waals surface area contributed by atoms with Crippen LogP contribution in [-0.4, -0.2) is 37.5 Å². The third-order valence-electron chi connectivity index (χ3n) is 4.04. The Bertz CT molecular complexity index is 731. The maximum absolute atomic E-state index is 12.3. The van der Waals surface area contributed by atoms with E-state index in [9.17, 15) is 14.7 Å². The number of phenolic OH excluding ortho intramolecular Hbond substituents is 1. The molecule has 1 N–H and O–H groups in total. The summed E-state index contributed by atoms with van der Waals surface area (Å²) >= 11 is 0. The second-order valence-electron chi connectivity index (χ2n) is 5.34. The lowest BCUT2D eigenvalue weighted by Gasteiger charge is -2.34. The fourth-order valence-electron chi connectivity index (χ4n) is 2.92. The fraction of sp³-hybridized carbons (Fsp3) is 0.294. The van der Waals surface area contributed by atoms with Crippen LogP contribution in [0.1, 0.15) is 11.7 Å². The van der Waals surface area contributed by atoms with Gasteiger partial charge in [-0.25, -0.2) is 0 Å². The lowest BCUT2D eigenvalue weighted by molar-refractivity contribution is -0.118. The number of allylic oxidation sites excluding steroid dienone is 2. The number of ketones is 2. The van der Waals surface area contributed by atoms with Crippen LogP contribution >= 0.6 is 0 Å². The van der Waals surface area contributed by atoms with E-state index in [1.807, 2.05) is 0 Å². The SMILES string of the molecule is COC1=CC(=O)C([C@@H]2COc3cc(O)ccc3[C@@H]2OC)=CC1=O. The van der Waals surface area contributed by atoms with E-state index in [1.54, 1.807) is 6.07 Å². The molecule has 1 aliphatic heterocycles. The number of hydrogen-bond acceptors (Lipinski definition) is 6. The van der Waals surface area contributed by atoms with Gasteiger partial charge in [0.2, 0.25) is 5.78 Å². The van der Waals surface area contributed by atoms with Crippen LogP contribution in [0.2, 0.25) is 0 Å². The van der Waals surface area contributed by atoms with Crippen molar-refractivity contribution < 1.29 is 28.9 Å². The van der Waals surface area contributed by atoms with Crippen LogP contribution in [-0.2, 0) is 19.1 Å². The third kappa shape index (κ3) is 2.61. The van der Waals surface area contributed by atoms with Gasteiger partial charge in [-0.3, -0.25) is 9.59 Å². The van der Waals surface area contributed by atoms with E-state index in [0.717, 1.165) is 5.56 Å². The summed E-state index contributed by atoms with van der Waals surface area (Å²) in [6, 6.07) is 4.72. The summed E-state index contributed by atoms with van der Waals surface area (Å²) in [4.78, 5) is 24.3. The molecular weight excluding hydrogens is 300 g/mol. The Labute approximate surface area is 133 Å². The van der Waals surface area contributed by atoms with Gasteiger partial charge in [-0.1, -0.05) is 0 Å². The molecule has 2 aliphatic rings. The van der Waals surface area contributed by atoms with Gasteiger partial charge in [-0.2, -0.15) is 0 Å². The van der Waals surface area contributed by atoms with Crippen molar-refractivity contribution in [3.8, 4) is 11.5 Å². The molecule has 1 heterocycles. The van der Waals surface area contributed by atoms with Crippen LogP contribution in [0.3, 0.4) is 0 Å². The zero-order valence-corrected chi connectivity index (χ0v) is 12.7. The number of carbonyl (C=O) groups is 2. The second-order valence-corrected chi connectivity index (χ2v) is 5.34. The molecule has 0 saturated heterocycles. The Morgan fingerprint density at radius 2 is 1.96 bits per heavy atom. The molecule has 0 fully saturated rings. The Hall–Kier alpha value is -2.60. The highest BCUT2D eigenvalue weighted by Gasteiger charge is 2.37. The summed E-state index contributed by atoms with van der Waals surface area (Å²) in [6.07, 6.45) is 2.03. The first-order valence-corrected chi connectivity index (χ1v) is 7.09. The highest BCUT2D eigenvalue weighted by molar-refractivity contribution is 6.19. The predicted molar refractivity (Wildman–Crippen MR) is 80.0 cm³/mol. The van der Waals surface area contributed by atoms with Crippen LogP contribution in [0, 0.1) is 5.92 Å². The van der Waals surface area contributed by atoms with Gasteiger partial charge in [0.25, 0.3) is 0 Å². The van der Waals surface area contributed by atoms with E-state index in [1.165, 1.54) is 38.5 Å². The van der Waals surface area contributed by atoms with Crippen LogP contribution in [0.15, 0.2) is 41.7 Å². The standard InChI is InChI=1S/C17H16O6/c1-21-16-7-13(19)11(6-14(16)20)12-8-23-15-5-9(18)3-4-10(15)17(12)22-2/h3-7,12,17-18H,8H2,1-2H3/t12-,17-/m0/s1. The van der Waals surface area contributed by atoms with Gasteiger partial charge in [0.15, 0.2) is 11.5 Å². The summed E-state index contributed by atoms with van der Waals surface area (Å²) in [7, 11) is 2.88. The summed E-state index contributed by atoms with van der Waals surface area (Å²) in [6.45, 7) is 0.177. The maximum atomic E-state index is 12.3. The molecule has 0 radical (unpaired) electrons. The van der Waals surface area contributed by atoms with Gasteiger partial charge in [-0.05, 0) is 18.2 Å². The normalized spacial score (nSPS) is 23.6. The number of hydrogen-bond donors (Lipinski definition) is 1. The molecule has 2 atom stereocenters. The van der Waals surface area contributed by atoms with Crippen molar-refractivity contribution >= 4 is 11.6 Å². The van der Waals surface area contributed by atoms with Crippen LogP contribution in [0.25, 0.3) is 0 Å². The first-order valence-electron chi connectivity index (χ1n) is 7.09. The Morgan fingerprint density at radius 1 is 1.17 bits per heavy atom. The van der Waals surface area contributed by atoms with Crippen molar-refractivity contribution in [2.75, 3.05) is 20.8 Å². The zero-order chi connectivity index (χ0) is 16.6. The van der Waals surface area contributed by atoms with Crippen LogP contribution in [0.5, 0.6) is 11.5 Å². The fourth-order valence-corrected chi connectivity index (χ4v) is 2.92. The average molecular weight is 316 g/mol.